The van der Waals surface area contributed by atoms with E-state index in [1.165, 1.54) is 0 Å². The molecule has 0 radical (unpaired) electrons. The Morgan fingerprint density at radius 3 is 1.63 bits per heavy atom. The maximum Gasteiger partial charge on any atom is 0.162 e. The second-order valence-corrected chi connectivity index (χ2v) is 4.41. The van der Waals surface area contributed by atoms with E-state index in [9.17, 15) is 0 Å². The number of nitriles is 2. The van der Waals surface area contributed by atoms with Crippen LogP contribution in [0.2, 0.25) is 0 Å². The lowest BCUT2D eigenvalue weighted by atomic mass is 10.4. The molecule has 108 valence electrons. The summed E-state index contributed by atoms with van der Waals surface area (Å²) in [6.45, 7) is 7.60. The van der Waals surface area contributed by atoms with Crippen LogP contribution in [-0.4, -0.2) is 45.2 Å². The van der Waals surface area contributed by atoms with Crippen molar-refractivity contribution in [3.8, 4) is 12.1 Å². The molecule has 6 nitrogen and oxygen atoms in total. The number of nitrogens with one attached hydrogen (secondary N) is 2. The molecule has 2 N–H and O–H groups in total. The molecule has 0 aromatic heterocycles. The van der Waals surface area contributed by atoms with Gasteiger partial charge in [0.1, 0.15) is 0 Å². The van der Waals surface area contributed by atoms with E-state index < -0.39 is 5.79 Å². The molecule has 0 aromatic carbocycles. The highest BCUT2D eigenvalue weighted by Gasteiger charge is 2.17. The lowest BCUT2D eigenvalue weighted by molar-refractivity contribution is -0.211. The Kier molecular flexibility index (Phi) is 11.1. The summed E-state index contributed by atoms with van der Waals surface area (Å²) in [6.07, 6.45) is 1.02. The highest BCUT2D eigenvalue weighted by Crippen LogP contribution is 2.09. The predicted octanol–water partition coefficient (Wildman–Crippen LogP) is 0.762. The van der Waals surface area contributed by atoms with Gasteiger partial charge in [-0.15, -0.1) is 0 Å². The van der Waals surface area contributed by atoms with Crippen LogP contribution in [0, 0.1) is 22.7 Å². The fourth-order valence-corrected chi connectivity index (χ4v) is 1.32. The molecule has 0 heterocycles. The zero-order valence-corrected chi connectivity index (χ0v) is 11.9. The van der Waals surface area contributed by atoms with Gasteiger partial charge in [-0.2, -0.15) is 10.5 Å². The Bertz CT molecular complexity index is 266. The van der Waals surface area contributed by atoms with E-state index in [1.807, 2.05) is 13.8 Å². The van der Waals surface area contributed by atoms with Gasteiger partial charge in [-0.25, -0.2) is 0 Å². The molecule has 0 spiro atoms. The Balaban J connectivity index is 3.42. The number of rotatable bonds is 12. The van der Waals surface area contributed by atoms with E-state index in [1.54, 1.807) is 0 Å². The Labute approximate surface area is 115 Å². The summed E-state index contributed by atoms with van der Waals surface area (Å²) in [7, 11) is 0. The summed E-state index contributed by atoms with van der Waals surface area (Å²) in [4.78, 5) is 0. The highest BCUT2D eigenvalue weighted by atomic mass is 16.7. The molecule has 0 saturated carbocycles. The van der Waals surface area contributed by atoms with Gasteiger partial charge in [0.05, 0.1) is 25.4 Å². The predicted molar refractivity (Wildman–Crippen MR) is 72.2 cm³/mol. The van der Waals surface area contributed by atoms with Crippen LogP contribution in [0.3, 0.4) is 0 Å². The van der Waals surface area contributed by atoms with Crippen molar-refractivity contribution in [2.24, 2.45) is 0 Å². The molecule has 0 rings (SSSR count). The average molecular weight is 268 g/mol. The van der Waals surface area contributed by atoms with Gasteiger partial charge in [0, 0.05) is 39.0 Å². The van der Waals surface area contributed by atoms with Gasteiger partial charge in [0.2, 0.25) is 0 Å². The van der Waals surface area contributed by atoms with Crippen molar-refractivity contribution in [2.45, 2.75) is 32.5 Å². The Morgan fingerprint density at radius 1 is 0.842 bits per heavy atom. The number of hydrogen-bond donors (Lipinski definition) is 2. The lowest BCUT2D eigenvalue weighted by Gasteiger charge is -2.26. The van der Waals surface area contributed by atoms with Crippen LogP contribution in [0.5, 0.6) is 0 Å². The van der Waals surface area contributed by atoms with Crippen LogP contribution in [0.1, 0.15) is 26.7 Å². The number of ether oxygens (including phenoxy) is 2. The second-order valence-electron chi connectivity index (χ2n) is 4.41. The molecule has 0 atom stereocenters. The minimum absolute atomic E-state index is 0.508. The van der Waals surface area contributed by atoms with Crippen LogP contribution < -0.4 is 10.6 Å². The zero-order valence-electron chi connectivity index (χ0n) is 11.9. The van der Waals surface area contributed by atoms with Crippen LogP contribution in [0.4, 0.5) is 0 Å². The molecule has 0 bridgehead atoms. The molecule has 0 amide bonds. The number of nitrogens with zero attached hydrogens (tertiary/aromatic N) is 2. The minimum Gasteiger partial charge on any atom is -0.349 e. The van der Waals surface area contributed by atoms with Gasteiger partial charge >= 0.3 is 0 Å². The van der Waals surface area contributed by atoms with Crippen molar-refractivity contribution >= 4 is 0 Å². The molecule has 0 aliphatic carbocycles. The molecule has 0 aliphatic rings. The SMILES string of the molecule is CC(C)(OCCNCCC#N)OCCNCCC#N. The van der Waals surface area contributed by atoms with E-state index in [-0.39, 0.29) is 0 Å². The van der Waals surface area contributed by atoms with Crippen molar-refractivity contribution in [3.05, 3.63) is 0 Å². The minimum atomic E-state index is -0.617. The zero-order chi connectivity index (χ0) is 14.4. The normalized spacial score (nSPS) is 10.9. The van der Waals surface area contributed by atoms with Gasteiger partial charge in [-0.05, 0) is 13.8 Å². The van der Waals surface area contributed by atoms with Gasteiger partial charge < -0.3 is 20.1 Å². The van der Waals surface area contributed by atoms with E-state index in [0.717, 1.165) is 0 Å². The molecule has 0 aliphatic heterocycles. The summed E-state index contributed by atoms with van der Waals surface area (Å²) in [6, 6.07) is 4.14. The van der Waals surface area contributed by atoms with Crippen LogP contribution in [0.25, 0.3) is 0 Å². The van der Waals surface area contributed by atoms with Crippen molar-refractivity contribution in [3.63, 3.8) is 0 Å². The van der Waals surface area contributed by atoms with E-state index in [4.69, 9.17) is 20.0 Å². The molecule has 0 unspecified atom stereocenters. The first-order chi connectivity index (χ1) is 9.12. The molecule has 0 fully saturated rings. The smallest absolute Gasteiger partial charge is 0.162 e. The van der Waals surface area contributed by atoms with Crippen molar-refractivity contribution in [2.75, 3.05) is 39.4 Å². The van der Waals surface area contributed by atoms with E-state index in [0.29, 0.717) is 52.2 Å². The molecule has 19 heavy (non-hydrogen) atoms. The second kappa shape index (κ2) is 11.9. The van der Waals surface area contributed by atoms with E-state index in [2.05, 4.69) is 22.8 Å². The number of hydrogen-bond acceptors (Lipinski definition) is 6. The molecular formula is C13H24N4O2. The summed E-state index contributed by atoms with van der Waals surface area (Å²) >= 11 is 0. The average Bonchev–Trinajstić information content (AvgIpc) is 2.38. The Hall–Kier alpha value is -1.18. The first-order valence-electron chi connectivity index (χ1n) is 6.55. The summed E-state index contributed by atoms with van der Waals surface area (Å²) in [5.74, 6) is -0.617. The fourth-order valence-electron chi connectivity index (χ4n) is 1.32. The monoisotopic (exact) mass is 268 g/mol. The lowest BCUT2D eigenvalue weighted by Crippen LogP contribution is -2.34. The third-order valence-corrected chi connectivity index (χ3v) is 2.28. The third-order valence-electron chi connectivity index (χ3n) is 2.28. The topological polar surface area (TPSA) is 90.1 Å². The van der Waals surface area contributed by atoms with Gasteiger partial charge in [0.15, 0.2) is 5.79 Å². The standard InChI is InChI=1S/C13H24N4O2/c1-13(2,18-11-9-16-7-3-5-14)19-12-10-17-8-4-6-15/h16-17H,3-4,7-12H2,1-2H3. The summed E-state index contributed by atoms with van der Waals surface area (Å²) in [5, 5.41) is 22.9. The molecular weight excluding hydrogens is 244 g/mol. The van der Waals surface area contributed by atoms with Crippen LogP contribution >= 0.6 is 0 Å². The Morgan fingerprint density at radius 2 is 1.26 bits per heavy atom. The highest BCUT2D eigenvalue weighted by molar-refractivity contribution is 4.70. The van der Waals surface area contributed by atoms with Crippen LogP contribution in [0.15, 0.2) is 0 Å². The largest absolute Gasteiger partial charge is 0.349 e. The van der Waals surface area contributed by atoms with E-state index >= 15 is 0 Å². The van der Waals surface area contributed by atoms with Gasteiger partial charge in [-0.3, -0.25) is 0 Å². The first-order valence-corrected chi connectivity index (χ1v) is 6.55. The quantitative estimate of drug-likeness (QED) is 0.401. The third kappa shape index (κ3) is 13.1. The molecule has 0 aromatic rings. The van der Waals surface area contributed by atoms with Crippen molar-refractivity contribution in [1.82, 2.24) is 10.6 Å². The van der Waals surface area contributed by atoms with Crippen molar-refractivity contribution < 1.29 is 9.47 Å². The summed E-state index contributed by atoms with van der Waals surface area (Å²) < 4.78 is 11.2. The molecule has 6 heteroatoms. The maximum atomic E-state index is 8.36. The first kappa shape index (κ1) is 17.8. The van der Waals surface area contributed by atoms with Crippen molar-refractivity contribution in [1.29, 1.82) is 10.5 Å². The maximum absolute atomic E-state index is 8.36. The van der Waals surface area contributed by atoms with Gasteiger partial charge in [0.25, 0.3) is 0 Å². The van der Waals surface area contributed by atoms with Gasteiger partial charge in [-0.1, -0.05) is 0 Å². The molecule has 0 saturated heterocycles. The summed E-state index contributed by atoms with van der Waals surface area (Å²) in [5.41, 5.74) is 0. The fraction of sp³-hybridized carbons (Fsp3) is 0.846. The van der Waals surface area contributed by atoms with Crippen LogP contribution in [-0.2, 0) is 9.47 Å².